The minimum atomic E-state index is -1.18. The van der Waals surface area contributed by atoms with Crippen LogP contribution in [-0.4, -0.2) is 27.5 Å². The van der Waals surface area contributed by atoms with Crippen molar-refractivity contribution in [2.75, 3.05) is 0 Å². The van der Waals surface area contributed by atoms with Gasteiger partial charge in [0.15, 0.2) is 11.3 Å². The number of hydrogen-bond donors (Lipinski definition) is 2. The molecule has 6 nitrogen and oxygen atoms in total. The summed E-state index contributed by atoms with van der Waals surface area (Å²) in [7, 11) is 0. The third kappa shape index (κ3) is 2.56. The predicted molar refractivity (Wildman–Crippen MR) is 79.7 cm³/mol. The first-order valence-electron chi connectivity index (χ1n) is 7.43. The Labute approximate surface area is 127 Å². The van der Waals surface area contributed by atoms with E-state index in [-0.39, 0.29) is 5.76 Å². The second-order valence-electron chi connectivity index (χ2n) is 5.85. The van der Waals surface area contributed by atoms with E-state index in [0.29, 0.717) is 23.9 Å². The van der Waals surface area contributed by atoms with E-state index in [1.165, 1.54) is 0 Å². The molecule has 2 N–H and O–H groups in total. The van der Waals surface area contributed by atoms with Gasteiger partial charge in [0, 0.05) is 11.8 Å². The molecule has 0 bridgehead atoms. The van der Waals surface area contributed by atoms with Gasteiger partial charge in [-0.15, -0.1) is 0 Å². The fourth-order valence-corrected chi connectivity index (χ4v) is 2.96. The zero-order valence-corrected chi connectivity index (χ0v) is 12.4. The molecule has 0 spiro atoms. The van der Waals surface area contributed by atoms with Crippen LogP contribution in [0.4, 0.5) is 0 Å². The summed E-state index contributed by atoms with van der Waals surface area (Å²) in [5.74, 6) is -1.38. The Balaban J connectivity index is 1.86. The van der Waals surface area contributed by atoms with Crippen LogP contribution < -0.4 is 5.32 Å². The van der Waals surface area contributed by atoms with Gasteiger partial charge >= 0.3 is 5.97 Å². The van der Waals surface area contributed by atoms with Crippen molar-refractivity contribution < 1.29 is 19.1 Å². The van der Waals surface area contributed by atoms with Gasteiger partial charge in [0.1, 0.15) is 11.1 Å². The third-order valence-electron chi connectivity index (χ3n) is 4.21. The molecule has 22 heavy (non-hydrogen) atoms. The number of nitrogens with one attached hydrogen (secondary N) is 1. The molecule has 2 aromatic rings. The van der Waals surface area contributed by atoms with Gasteiger partial charge in [-0.1, -0.05) is 19.3 Å². The van der Waals surface area contributed by atoms with Crippen molar-refractivity contribution in [2.45, 2.75) is 44.6 Å². The first-order valence-corrected chi connectivity index (χ1v) is 7.43. The number of amides is 1. The standard InChI is InChI=1S/C16H18N2O4/c1-10-5-6-12-11(17-10)9-13(22-12)14(19)18-16(15(20)21)7-3-2-4-8-16/h5-6,9H,2-4,7-8H2,1H3,(H,18,19)(H,20,21). The Bertz CT molecular complexity index is 729. The van der Waals surface area contributed by atoms with E-state index in [2.05, 4.69) is 10.3 Å². The zero-order valence-electron chi connectivity index (χ0n) is 12.4. The number of carboxylic acid groups (broad SMARTS) is 1. The molecule has 0 unspecified atom stereocenters. The van der Waals surface area contributed by atoms with Gasteiger partial charge in [0.25, 0.3) is 5.91 Å². The summed E-state index contributed by atoms with van der Waals surface area (Å²) in [5, 5.41) is 12.2. The van der Waals surface area contributed by atoms with Crippen LogP contribution in [0.1, 0.15) is 48.4 Å². The molecule has 0 aromatic carbocycles. The highest BCUT2D eigenvalue weighted by Gasteiger charge is 2.41. The van der Waals surface area contributed by atoms with Crippen molar-refractivity contribution in [3.8, 4) is 0 Å². The number of fused-ring (bicyclic) bond motifs is 1. The number of hydrogen-bond acceptors (Lipinski definition) is 4. The van der Waals surface area contributed by atoms with Crippen LogP contribution in [0.5, 0.6) is 0 Å². The van der Waals surface area contributed by atoms with Gasteiger partial charge in [-0.25, -0.2) is 9.78 Å². The maximum absolute atomic E-state index is 12.4. The predicted octanol–water partition coefficient (Wildman–Crippen LogP) is 2.65. The lowest BCUT2D eigenvalue weighted by atomic mass is 9.81. The second kappa shape index (κ2) is 5.44. The van der Waals surface area contributed by atoms with Crippen molar-refractivity contribution >= 4 is 23.0 Å². The average molecular weight is 302 g/mol. The quantitative estimate of drug-likeness (QED) is 0.909. The summed E-state index contributed by atoms with van der Waals surface area (Å²) in [6.45, 7) is 1.85. The van der Waals surface area contributed by atoms with E-state index in [1.54, 1.807) is 18.2 Å². The fourth-order valence-electron chi connectivity index (χ4n) is 2.96. The van der Waals surface area contributed by atoms with E-state index in [0.717, 1.165) is 25.0 Å². The number of carbonyl (C=O) groups is 2. The first-order chi connectivity index (χ1) is 10.5. The molecule has 1 fully saturated rings. The summed E-state index contributed by atoms with van der Waals surface area (Å²) in [5.41, 5.74) is 0.758. The molecule has 0 saturated heterocycles. The molecule has 1 aliphatic carbocycles. The van der Waals surface area contributed by atoms with Gasteiger partial charge in [-0.05, 0) is 31.9 Å². The van der Waals surface area contributed by atoms with Gasteiger partial charge in [0.2, 0.25) is 0 Å². The van der Waals surface area contributed by atoms with E-state index >= 15 is 0 Å². The van der Waals surface area contributed by atoms with Crippen molar-refractivity contribution in [2.24, 2.45) is 0 Å². The summed E-state index contributed by atoms with van der Waals surface area (Å²) >= 11 is 0. The number of carbonyl (C=O) groups excluding carboxylic acids is 1. The van der Waals surface area contributed by atoms with Crippen molar-refractivity contribution in [3.05, 3.63) is 29.7 Å². The molecule has 2 heterocycles. The maximum atomic E-state index is 12.4. The van der Waals surface area contributed by atoms with Crippen molar-refractivity contribution in [1.82, 2.24) is 10.3 Å². The summed E-state index contributed by atoms with van der Waals surface area (Å²) in [6.07, 6.45) is 3.50. The lowest BCUT2D eigenvalue weighted by Crippen LogP contribution is -2.55. The molecule has 6 heteroatoms. The highest BCUT2D eigenvalue weighted by molar-refractivity contribution is 5.98. The first kappa shape index (κ1) is 14.6. The number of pyridine rings is 1. The number of aryl methyl sites for hydroxylation is 1. The molecule has 2 aromatic heterocycles. The largest absolute Gasteiger partial charge is 0.480 e. The van der Waals surface area contributed by atoms with Gasteiger partial charge in [-0.2, -0.15) is 0 Å². The van der Waals surface area contributed by atoms with E-state index < -0.39 is 17.4 Å². The second-order valence-corrected chi connectivity index (χ2v) is 5.85. The van der Waals surface area contributed by atoms with E-state index in [1.807, 2.05) is 6.92 Å². The van der Waals surface area contributed by atoms with Crippen molar-refractivity contribution in [1.29, 1.82) is 0 Å². The van der Waals surface area contributed by atoms with Crippen LogP contribution in [0.3, 0.4) is 0 Å². The van der Waals surface area contributed by atoms with Gasteiger partial charge in [-0.3, -0.25) is 4.79 Å². The summed E-state index contributed by atoms with van der Waals surface area (Å²) < 4.78 is 5.48. The van der Waals surface area contributed by atoms with Crippen LogP contribution in [-0.2, 0) is 4.79 Å². The topological polar surface area (TPSA) is 92.4 Å². The lowest BCUT2D eigenvalue weighted by Gasteiger charge is -2.33. The number of rotatable bonds is 3. The highest BCUT2D eigenvalue weighted by atomic mass is 16.4. The Hall–Kier alpha value is -2.37. The molecule has 0 aliphatic heterocycles. The lowest BCUT2D eigenvalue weighted by molar-refractivity contribution is -0.145. The summed E-state index contributed by atoms with van der Waals surface area (Å²) in [6, 6.07) is 5.10. The molecular formula is C16H18N2O4. The smallest absolute Gasteiger partial charge is 0.329 e. The molecule has 0 radical (unpaired) electrons. The zero-order chi connectivity index (χ0) is 15.7. The maximum Gasteiger partial charge on any atom is 0.329 e. The highest BCUT2D eigenvalue weighted by Crippen LogP contribution is 2.29. The third-order valence-corrected chi connectivity index (χ3v) is 4.21. The van der Waals surface area contributed by atoms with Gasteiger partial charge in [0.05, 0.1) is 0 Å². The van der Waals surface area contributed by atoms with Gasteiger partial charge < -0.3 is 14.8 Å². The number of carboxylic acids is 1. The Morgan fingerprint density at radius 1 is 1.27 bits per heavy atom. The molecule has 1 aliphatic rings. The minimum absolute atomic E-state index is 0.0966. The van der Waals surface area contributed by atoms with Crippen molar-refractivity contribution in [3.63, 3.8) is 0 Å². The number of nitrogens with zero attached hydrogens (tertiary/aromatic N) is 1. The SMILES string of the molecule is Cc1ccc2oc(C(=O)NC3(C(=O)O)CCCCC3)cc2n1. The fraction of sp³-hybridized carbons (Fsp3) is 0.438. The monoisotopic (exact) mass is 302 g/mol. The van der Waals surface area contributed by atoms with Crippen LogP contribution in [0, 0.1) is 6.92 Å². The number of aromatic nitrogens is 1. The minimum Gasteiger partial charge on any atom is -0.480 e. The molecule has 1 saturated carbocycles. The van der Waals surface area contributed by atoms with Crippen LogP contribution in [0.15, 0.2) is 22.6 Å². The summed E-state index contributed by atoms with van der Waals surface area (Å²) in [4.78, 5) is 28.3. The Kier molecular flexibility index (Phi) is 3.60. The number of furan rings is 1. The average Bonchev–Trinajstić information content (AvgIpc) is 2.91. The van der Waals surface area contributed by atoms with E-state index in [9.17, 15) is 14.7 Å². The molecule has 3 rings (SSSR count). The van der Waals surface area contributed by atoms with Crippen LogP contribution in [0.25, 0.3) is 11.1 Å². The molecule has 0 atom stereocenters. The Morgan fingerprint density at radius 2 is 2.00 bits per heavy atom. The van der Waals surface area contributed by atoms with Crippen LogP contribution >= 0.6 is 0 Å². The molecule has 116 valence electrons. The molecule has 1 amide bonds. The van der Waals surface area contributed by atoms with Crippen LogP contribution in [0.2, 0.25) is 0 Å². The molecular weight excluding hydrogens is 284 g/mol. The Morgan fingerprint density at radius 3 is 2.68 bits per heavy atom. The number of aliphatic carboxylic acids is 1. The normalized spacial score (nSPS) is 17.3. The van der Waals surface area contributed by atoms with E-state index in [4.69, 9.17) is 4.42 Å².